The second kappa shape index (κ2) is 5.15. The molecule has 2 amide bonds. The highest BCUT2D eigenvalue weighted by molar-refractivity contribution is 5.78. The molecule has 92 valence electrons. The predicted molar refractivity (Wildman–Crippen MR) is 58.8 cm³/mol. The van der Waals surface area contributed by atoms with Gasteiger partial charge in [-0.1, -0.05) is 0 Å². The molecule has 4 N–H and O–H groups in total. The highest BCUT2D eigenvalue weighted by atomic mass is 19.1. The topological polar surface area (TPSA) is 95.7 Å². The first-order chi connectivity index (χ1) is 7.90. The van der Waals surface area contributed by atoms with Crippen molar-refractivity contribution in [3.05, 3.63) is 29.6 Å². The number of amides is 2. The summed E-state index contributed by atoms with van der Waals surface area (Å²) in [4.78, 5) is 21.3. The maximum Gasteiger partial charge on any atom is 0.330 e. The number of carboxylic acids is 1. The van der Waals surface area contributed by atoms with Crippen LogP contribution in [0.1, 0.15) is 5.56 Å². The second-order valence-electron chi connectivity index (χ2n) is 3.39. The molecule has 17 heavy (non-hydrogen) atoms. The second-order valence-corrected chi connectivity index (χ2v) is 3.39. The van der Waals surface area contributed by atoms with Gasteiger partial charge in [-0.2, -0.15) is 0 Å². The molecule has 7 heteroatoms. The van der Waals surface area contributed by atoms with Crippen LogP contribution in [0.3, 0.4) is 0 Å². The zero-order chi connectivity index (χ0) is 13.0. The van der Waals surface area contributed by atoms with Crippen LogP contribution < -0.4 is 16.2 Å². The van der Waals surface area contributed by atoms with Crippen molar-refractivity contribution in [1.29, 1.82) is 0 Å². The first-order valence-electron chi connectivity index (χ1n) is 4.71. The van der Waals surface area contributed by atoms with Crippen molar-refractivity contribution in [2.24, 2.45) is 5.73 Å². The van der Waals surface area contributed by atoms with Crippen molar-refractivity contribution in [1.82, 2.24) is 5.43 Å². The Morgan fingerprint density at radius 1 is 1.53 bits per heavy atom. The van der Waals surface area contributed by atoms with Crippen LogP contribution >= 0.6 is 0 Å². The maximum absolute atomic E-state index is 13.0. The maximum atomic E-state index is 13.0. The minimum absolute atomic E-state index is 0.337. The molecule has 0 aliphatic heterocycles. The lowest BCUT2D eigenvalue weighted by Gasteiger charge is -2.22. The van der Waals surface area contributed by atoms with Crippen molar-refractivity contribution in [3.8, 4) is 0 Å². The Morgan fingerprint density at radius 2 is 2.18 bits per heavy atom. The number of hydrogen-bond acceptors (Lipinski definition) is 3. The highest BCUT2D eigenvalue weighted by Crippen LogP contribution is 2.16. The summed E-state index contributed by atoms with van der Waals surface area (Å²) in [6.07, 6.45) is 0. The summed E-state index contributed by atoms with van der Waals surface area (Å²) in [5.41, 5.74) is 7.73. The molecular weight excluding hydrogens is 229 g/mol. The Hall–Kier alpha value is -2.31. The van der Waals surface area contributed by atoms with Gasteiger partial charge in [0.25, 0.3) is 0 Å². The van der Waals surface area contributed by atoms with Crippen LogP contribution in [0, 0.1) is 12.7 Å². The van der Waals surface area contributed by atoms with Gasteiger partial charge < -0.3 is 10.8 Å². The Morgan fingerprint density at radius 3 is 2.65 bits per heavy atom. The number of hydrazine groups is 1. The number of carboxylic acid groups (broad SMARTS) is 1. The Balaban J connectivity index is 2.98. The molecule has 0 atom stereocenters. The van der Waals surface area contributed by atoms with Gasteiger partial charge in [-0.25, -0.2) is 14.6 Å². The third kappa shape index (κ3) is 3.63. The van der Waals surface area contributed by atoms with Crippen LogP contribution in [0.25, 0.3) is 0 Å². The van der Waals surface area contributed by atoms with E-state index in [0.29, 0.717) is 11.3 Å². The first-order valence-corrected chi connectivity index (χ1v) is 4.71. The number of benzene rings is 1. The smallest absolute Gasteiger partial charge is 0.330 e. The largest absolute Gasteiger partial charge is 0.480 e. The molecule has 0 radical (unpaired) electrons. The van der Waals surface area contributed by atoms with Crippen LogP contribution in [-0.2, 0) is 4.79 Å². The predicted octanol–water partition coefficient (Wildman–Crippen LogP) is 0.608. The van der Waals surface area contributed by atoms with Crippen molar-refractivity contribution in [3.63, 3.8) is 0 Å². The number of aryl methyl sites for hydroxylation is 1. The lowest BCUT2D eigenvalue weighted by atomic mass is 10.2. The molecule has 0 bridgehead atoms. The standard InChI is InChI=1S/C10H12FN3O3/c1-6-4-7(2-3-8(6)11)14(5-9(15)16)13-10(12)17/h2-4H,5H2,1H3,(H,15,16)(H3,12,13,17). The molecule has 0 unspecified atom stereocenters. The van der Waals surface area contributed by atoms with Gasteiger partial charge in [-0.05, 0) is 30.7 Å². The number of primary amides is 1. The molecule has 1 aromatic rings. The average Bonchev–Trinajstić information content (AvgIpc) is 2.19. The fraction of sp³-hybridized carbons (Fsp3) is 0.200. The van der Waals surface area contributed by atoms with E-state index < -0.39 is 24.4 Å². The van der Waals surface area contributed by atoms with Gasteiger partial charge in [0.05, 0.1) is 5.69 Å². The quantitative estimate of drug-likeness (QED) is 0.673. The normalized spacial score (nSPS) is 9.76. The van der Waals surface area contributed by atoms with E-state index in [9.17, 15) is 14.0 Å². The van der Waals surface area contributed by atoms with E-state index in [1.54, 1.807) is 0 Å². The minimum atomic E-state index is -1.15. The molecule has 0 aliphatic rings. The number of carbonyl (C=O) groups is 2. The zero-order valence-corrected chi connectivity index (χ0v) is 9.11. The van der Waals surface area contributed by atoms with E-state index in [0.717, 1.165) is 5.01 Å². The summed E-state index contributed by atoms with van der Waals surface area (Å²) < 4.78 is 13.0. The van der Waals surface area contributed by atoms with Crippen molar-refractivity contribution >= 4 is 17.7 Å². The molecule has 1 rings (SSSR count). The van der Waals surface area contributed by atoms with E-state index in [-0.39, 0.29) is 0 Å². The lowest BCUT2D eigenvalue weighted by Crippen LogP contribution is -2.47. The molecule has 0 fully saturated rings. The summed E-state index contributed by atoms with van der Waals surface area (Å²) in [6, 6.07) is 3.05. The summed E-state index contributed by atoms with van der Waals surface area (Å²) >= 11 is 0. The number of carbonyl (C=O) groups excluding carboxylic acids is 1. The Kier molecular flexibility index (Phi) is 3.86. The number of nitrogens with zero attached hydrogens (tertiary/aromatic N) is 1. The van der Waals surface area contributed by atoms with Crippen LogP contribution in [0.15, 0.2) is 18.2 Å². The molecule has 0 aromatic heterocycles. The summed E-state index contributed by atoms with van der Waals surface area (Å²) in [6.45, 7) is 1.05. The van der Waals surface area contributed by atoms with Crippen LogP contribution in [0.5, 0.6) is 0 Å². The van der Waals surface area contributed by atoms with Gasteiger partial charge in [0, 0.05) is 0 Å². The van der Waals surface area contributed by atoms with Gasteiger partial charge in [0.2, 0.25) is 0 Å². The van der Waals surface area contributed by atoms with Crippen molar-refractivity contribution in [2.75, 3.05) is 11.6 Å². The number of anilines is 1. The Labute approximate surface area is 96.8 Å². The third-order valence-corrected chi connectivity index (χ3v) is 1.99. The number of urea groups is 1. The van der Waals surface area contributed by atoms with Gasteiger partial charge >= 0.3 is 12.0 Å². The van der Waals surface area contributed by atoms with Gasteiger partial charge in [0.15, 0.2) is 0 Å². The van der Waals surface area contributed by atoms with Crippen LogP contribution in [0.4, 0.5) is 14.9 Å². The number of nitrogens with one attached hydrogen (secondary N) is 1. The number of halogens is 1. The van der Waals surface area contributed by atoms with Gasteiger partial charge in [-0.3, -0.25) is 9.80 Å². The van der Waals surface area contributed by atoms with E-state index in [1.165, 1.54) is 25.1 Å². The lowest BCUT2D eigenvalue weighted by molar-refractivity contribution is -0.135. The zero-order valence-electron chi connectivity index (χ0n) is 9.11. The molecular formula is C10H12FN3O3. The van der Waals surface area contributed by atoms with E-state index in [2.05, 4.69) is 5.43 Å². The first kappa shape index (κ1) is 12.8. The number of rotatable bonds is 4. The molecule has 1 aromatic carbocycles. The molecule has 0 saturated heterocycles. The fourth-order valence-electron chi connectivity index (χ4n) is 1.26. The van der Waals surface area contributed by atoms with Crippen molar-refractivity contribution < 1.29 is 19.1 Å². The van der Waals surface area contributed by atoms with Crippen LogP contribution in [0.2, 0.25) is 0 Å². The van der Waals surface area contributed by atoms with E-state index in [4.69, 9.17) is 10.8 Å². The average molecular weight is 241 g/mol. The summed E-state index contributed by atoms with van der Waals surface area (Å²) in [5.74, 6) is -1.57. The number of nitrogens with two attached hydrogens (primary N) is 1. The minimum Gasteiger partial charge on any atom is -0.480 e. The molecule has 0 heterocycles. The number of aliphatic carboxylic acids is 1. The SMILES string of the molecule is Cc1cc(N(CC(=O)O)NC(N)=O)ccc1F. The van der Waals surface area contributed by atoms with Crippen molar-refractivity contribution in [2.45, 2.75) is 6.92 Å². The number of hydrogen-bond donors (Lipinski definition) is 3. The Bertz CT molecular complexity index is 434. The molecule has 0 aliphatic carbocycles. The molecule has 6 nitrogen and oxygen atoms in total. The fourth-order valence-corrected chi connectivity index (χ4v) is 1.26. The third-order valence-electron chi connectivity index (χ3n) is 1.99. The van der Waals surface area contributed by atoms with E-state index in [1.807, 2.05) is 0 Å². The molecule has 0 spiro atoms. The van der Waals surface area contributed by atoms with Crippen LogP contribution in [-0.4, -0.2) is 23.7 Å². The van der Waals surface area contributed by atoms with E-state index >= 15 is 0 Å². The van der Waals surface area contributed by atoms with Gasteiger partial charge in [-0.15, -0.1) is 0 Å². The molecule has 0 saturated carbocycles. The monoisotopic (exact) mass is 241 g/mol. The summed E-state index contributed by atoms with van der Waals surface area (Å²) in [7, 11) is 0. The summed E-state index contributed by atoms with van der Waals surface area (Å²) in [5, 5.41) is 9.70. The van der Waals surface area contributed by atoms with Gasteiger partial charge in [0.1, 0.15) is 12.4 Å². The highest BCUT2D eigenvalue weighted by Gasteiger charge is 2.13.